The van der Waals surface area contributed by atoms with Gasteiger partial charge in [0.2, 0.25) is 0 Å². The second-order valence-electron chi connectivity index (χ2n) is 6.22. The maximum absolute atomic E-state index is 5.49. The van der Waals surface area contributed by atoms with Crippen molar-refractivity contribution in [2.75, 3.05) is 40.0 Å². The van der Waals surface area contributed by atoms with Gasteiger partial charge in [-0.25, -0.2) is 0 Å². The van der Waals surface area contributed by atoms with Gasteiger partial charge < -0.3 is 14.8 Å². The standard InChI is InChI=1S/C15H33NO2/c1-14(2)13-16-9-8-15(3,4)7-6-10-18-12-11-17-5/h14,16H,6-13H2,1-5H3. The summed E-state index contributed by atoms with van der Waals surface area (Å²) in [5.74, 6) is 0.738. The normalized spacial score (nSPS) is 12.3. The Kier molecular flexibility index (Phi) is 10.7. The van der Waals surface area contributed by atoms with Crippen LogP contribution in [0.25, 0.3) is 0 Å². The van der Waals surface area contributed by atoms with Gasteiger partial charge in [0.25, 0.3) is 0 Å². The van der Waals surface area contributed by atoms with E-state index in [1.807, 2.05) is 0 Å². The van der Waals surface area contributed by atoms with Crippen molar-refractivity contribution in [2.24, 2.45) is 11.3 Å². The molecule has 1 N–H and O–H groups in total. The van der Waals surface area contributed by atoms with Crippen LogP contribution in [-0.2, 0) is 9.47 Å². The summed E-state index contributed by atoms with van der Waals surface area (Å²) in [6.45, 7) is 13.7. The van der Waals surface area contributed by atoms with Crippen LogP contribution in [0.3, 0.4) is 0 Å². The molecular formula is C15H33NO2. The van der Waals surface area contributed by atoms with Crippen LogP contribution in [0.1, 0.15) is 47.0 Å². The molecule has 3 nitrogen and oxygen atoms in total. The maximum atomic E-state index is 5.49. The fourth-order valence-corrected chi connectivity index (χ4v) is 1.84. The molecule has 0 aromatic rings. The van der Waals surface area contributed by atoms with Gasteiger partial charge in [0.1, 0.15) is 0 Å². The molecule has 0 saturated heterocycles. The summed E-state index contributed by atoms with van der Waals surface area (Å²) < 4.78 is 10.4. The molecule has 0 aliphatic heterocycles. The highest BCUT2D eigenvalue weighted by Gasteiger charge is 2.16. The third-order valence-corrected chi connectivity index (χ3v) is 3.11. The van der Waals surface area contributed by atoms with E-state index < -0.39 is 0 Å². The molecule has 0 bridgehead atoms. The second kappa shape index (κ2) is 10.8. The van der Waals surface area contributed by atoms with Crippen LogP contribution in [0, 0.1) is 11.3 Å². The van der Waals surface area contributed by atoms with E-state index in [0.29, 0.717) is 18.6 Å². The van der Waals surface area contributed by atoms with Gasteiger partial charge in [-0.1, -0.05) is 27.7 Å². The van der Waals surface area contributed by atoms with Gasteiger partial charge >= 0.3 is 0 Å². The van der Waals surface area contributed by atoms with Crippen LogP contribution in [0.5, 0.6) is 0 Å². The lowest BCUT2D eigenvalue weighted by Gasteiger charge is -2.25. The molecule has 0 aromatic carbocycles. The van der Waals surface area contributed by atoms with Crippen LogP contribution in [0.15, 0.2) is 0 Å². The van der Waals surface area contributed by atoms with Gasteiger partial charge in [0.15, 0.2) is 0 Å². The van der Waals surface area contributed by atoms with Gasteiger partial charge in [0.05, 0.1) is 13.2 Å². The number of hydrogen-bond donors (Lipinski definition) is 1. The first-order chi connectivity index (χ1) is 8.48. The number of rotatable bonds is 12. The van der Waals surface area contributed by atoms with Crippen LogP contribution in [0.4, 0.5) is 0 Å². The van der Waals surface area contributed by atoms with Crippen molar-refractivity contribution < 1.29 is 9.47 Å². The predicted molar refractivity (Wildman–Crippen MR) is 78.0 cm³/mol. The average molecular weight is 259 g/mol. The van der Waals surface area contributed by atoms with Crippen molar-refractivity contribution in [1.29, 1.82) is 0 Å². The first kappa shape index (κ1) is 17.9. The zero-order valence-electron chi connectivity index (χ0n) is 13.1. The summed E-state index contributed by atoms with van der Waals surface area (Å²) in [5.41, 5.74) is 0.411. The van der Waals surface area contributed by atoms with E-state index in [1.54, 1.807) is 7.11 Å². The van der Waals surface area contributed by atoms with E-state index in [2.05, 4.69) is 33.0 Å². The lowest BCUT2D eigenvalue weighted by atomic mass is 9.84. The third-order valence-electron chi connectivity index (χ3n) is 3.11. The van der Waals surface area contributed by atoms with E-state index >= 15 is 0 Å². The van der Waals surface area contributed by atoms with Crippen LogP contribution in [0.2, 0.25) is 0 Å². The molecule has 0 unspecified atom stereocenters. The maximum Gasteiger partial charge on any atom is 0.0700 e. The van der Waals surface area contributed by atoms with Crippen LogP contribution < -0.4 is 5.32 Å². The molecule has 110 valence electrons. The molecular weight excluding hydrogens is 226 g/mol. The second-order valence-corrected chi connectivity index (χ2v) is 6.22. The van der Waals surface area contributed by atoms with Crippen molar-refractivity contribution in [2.45, 2.75) is 47.0 Å². The van der Waals surface area contributed by atoms with E-state index in [4.69, 9.17) is 9.47 Å². The lowest BCUT2D eigenvalue weighted by molar-refractivity contribution is 0.0645. The molecule has 0 amide bonds. The summed E-state index contributed by atoms with van der Waals surface area (Å²) in [4.78, 5) is 0. The summed E-state index contributed by atoms with van der Waals surface area (Å²) in [6, 6.07) is 0. The van der Waals surface area contributed by atoms with E-state index in [1.165, 1.54) is 12.8 Å². The molecule has 0 heterocycles. The van der Waals surface area contributed by atoms with E-state index in [9.17, 15) is 0 Å². The largest absolute Gasteiger partial charge is 0.382 e. The van der Waals surface area contributed by atoms with Crippen LogP contribution in [-0.4, -0.2) is 40.0 Å². The Bertz CT molecular complexity index is 181. The molecule has 0 rings (SSSR count). The molecule has 0 spiro atoms. The van der Waals surface area contributed by atoms with Gasteiger partial charge in [-0.15, -0.1) is 0 Å². The fraction of sp³-hybridized carbons (Fsp3) is 1.00. The number of hydrogen-bond acceptors (Lipinski definition) is 3. The summed E-state index contributed by atoms with van der Waals surface area (Å²) in [6.07, 6.45) is 3.60. The first-order valence-electron chi connectivity index (χ1n) is 7.25. The molecule has 0 fully saturated rings. The summed E-state index contributed by atoms with van der Waals surface area (Å²) in [5, 5.41) is 3.51. The SMILES string of the molecule is COCCOCCCC(C)(C)CCNCC(C)C. The monoisotopic (exact) mass is 259 g/mol. The number of nitrogens with one attached hydrogen (secondary N) is 1. The van der Waals surface area contributed by atoms with Crippen molar-refractivity contribution in [3.05, 3.63) is 0 Å². The van der Waals surface area contributed by atoms with Gasteiger partial charge in [-0.3, -0.25) is 0 Å². The Morgan fingerprint density at radius 2 is 1.78 bits per heavy atom. The minimum atomic E-state index is 0.411. The molecule has 3 heteroatoms. The van der Waals surface area contributed by atoms with Crippen molar-refractivity contribution in [1.82, 2.24) is 5.32 Å². The Morgan fingerprint density at radius 1 is 1.06 bits per heavy atom. The fourth-order valence-electron chi connectivity index (χ4n) is 1.84. The summed E-state index contributed by atoms with van der Waals surface area (Å²) in [7, 11) is 1.70. The average Bonchev–Trinajstić information content (AvgIpc) is 2.29. The molecule has 0 aliphatic rings. The minimum Gasteiger partial charge on any atom is -0.382 e. The topological polar surface area (TPSA) is 30.5 Å². The molecule has 0 aromatic heterocycles. The first-order valence-corrected chi connectivity index (χ1v) is 7.25. The molecule has 0 saturated carbocycles. The Labute approximate surface area is 114 Å². The van der Waals surface area contributed by atoms with Crippen LogP contribution >= 0.6 is 0 Å². The zero-order chi connectivity index (χ0) is 13.9. The molecule has 0 radical (unpaired) electrons. The van der Waals surface area contributed by atoms with E-state index in [0.717, 1.165) is 32.0 Å². The lowest BCUT2D eigenvalue weighted by Crippen LogP contribution is -2.25. The van der Waals surface area contributed by atoms with E-state index in [-0.39, 0.29) is 0 Å². The number of ether oxygens (including phenoxy) is 2. The highest BCUT2D eigenvalue weighted by atomic mass is 16.5. The predicted octanol–water partition coefficient (Wildman–Crippen LogP) is 3.09. The number of methoxy groups -OCH3 is 1. The molecule has 18 heavy (non-hydrogen) atoms. The molecule has 0 atom stereocenters. The van der Waals surface area contributed by atoms with Crippen molar-refractivity contribution in [3.8, 4) is 0 Å². The Hall–Kier alpha value is -0.120. The minimum absolute atomic E-state index is 0.411. The van der Waals surface area contributed by atoms with Gasteiger partial charge in [0, 0.05) is 13.7 Å². The third kappa shape index (κ3) is 12.3. The van der Waals surface area contributed by atoms with Gasteiger partial charge in [-0.2, -0.15) is 0 Å². The highest BCUT2D eigenvalue weighted by Crippen LogP contribution is 2.25. The summed E-state index contributed by atoms with van der Waals surface area (Å²) >= 11 is 0. The Balaban J connectivity index is 3.42. The zero-order valence-corrected chi connectivity index (χ0v) is 13.1. The Morgan fingerprint density at radius 3 is 2.39 bits per heavy atom. The quantitative estimate of drug-likeness (QED) is 0.546. The molecule has 0 aliphatic carbocycles. The smallest absolute Gasteiger partial charge is 0.0700 e. The van der Waals surface area contributed by atoms with Crippen molar-refractivity contribution in [3.63, 3.8) is 0 Å². The van der Waals surface area contributed by atoms with Gasteiger partial charge in [-0.05, 0) is 43.7 Å². The van der Waals surface area contributed by atoms with Crippen molar-refractivity contribution >= 4 is 0 Å². The highest BCUT2D eigenvalue weighted by molar-refractivity contribution is 4.70.